The molecule has 0 N–H and O–H groups in total. The first-order chi connectivity index (χ1) is 12.2. The van der Waals surface area contributed by atoms with Crippen LogP contribution in [0.4, 0.5) is 0 Å². The van der Waals surface area contributed by atoms with Gasteiger partial charge >= 0.3 is 0 Å². The van der Waals surface area contributed by atoms with Crippen LogP contribution in [0.2, 0.25) is 5.02 Å². The Morgan fingerprint density at radius 1 is 1.04 bits per heavy atom. The van der Waals surface area contributed by atoms with Crippen molar-refractivity contribution >= 4 is 17.2 Å². The Hall–Kier alpha value is -3.16. The molecule has 0 radical (unpaired) electrons. The molecule has 0 aliphatic heterocycles. The molecule has 0 bridgehead atoms. The second-order valence-electron chi connectivity index (χ2n) is 5.58. The van der Waals surface area contributed by atoms with Crippen molar-refractivity contribution in [3.8, 4) is 23.1 Å². The van der Waals surface area contributed by atoms with Crippen LogP contribution in [0.1, 0.15) is 16.8 Å². The third-order valence-electron chi connectivity index (χ3n) is 3.79. The molecule has 0 fully saturated rings. The quantitative estimate of drug-likeness (QED) is 0.487. The standard InChI is InChI=1S/C20H13ClN4/c1-14-11-19(16-6-8-18(21)9-7-16)24-20-17(13-23-25(14)20)5-4-15-3-2-10-22-12-15/h2-3,6-13H,1H3. The fraction of sp³-hybridized carbons (Fsp3) is 0.0500. The summed E-state index contributed by atoms with van der Waals surface area (Å²) in [6.07, 6.45) is 5.20. The Morgan fingerprint density at radius 3 is 2.64 bits per heavy atom. The van der Waals surface area contributed by atoms with Crippen LogP contribution in [0.5, 0.6) is 0 Å². The number of nitrogens with zero attached hydrogens (tertiary/aromatic N) is 4. The molecule has 4 nitrogen and oxygen atoms in total. The monoisotopic (exact) mass is 344 g/mol. The normalized spacial score (nSPS) is 10.5. The molecule has 0 saturated heterocycles. The van der Waals surface area contributed by atoms with Crippen LogP contribution in [0, 0.1) is 18.8 Å². The Labute approximate surface area is 150 Å². The molecule has 3 heterocycles. The first-order valence-corrected chi connectivity index (χ1v) is 8.12. The molecule has 25 heavy (non-hydrogen) atoms. The van der Waals surface area contributed by atoms with E-state index in [-0.39, 0.29) is 0 Å². The van der Waals surface area contributed by atoms with E-state index in [0.29, 0.717) is 5.02 Å². The summed E-state index contributed by atoms with van der Waals surface area (Å²) >= 11 is 5.97. The van der Waals surface area contributed by atoms with Crippen molar-refractivity contribution in [2.75, 3.05) is 0 Å². The first-order valence-electron chi connectivity index (χ1n) is 7.74. The molecular formula is C20H13ClN4. The van der Waals surface area contributed by atoms with Gasteiger partial charge in [-0.15, -0.1) is 0 Å². The molecular weight excluding hydrogens is 332 g/mol. The smallest absolute Gasteiger partial charge is 0.171 e. The summed E-state index contributed by atoms with van der Waals surface area (Å²) in [5, 5.41) is 5.10. The average molecular weight is 345 g/mol. The molecule has 3 aromatic heterocycles. The zero-order valence-corrected chi connectivity index (χ0v) is 14.2. The van der Waals surface area contributed by atoms with Crippen molar-refractivity contribution in [3.63, 3.8) is 0 Å². The van der Waals surface area contributed by atoms with E-state index in [1.807, 2.05) is 49.4 Å². The summed E-state index contributed by atoms with van der Waals surface area (Å²) < 4.78 is 1.80. The van der Waals surface area contributed by atoms with Crippen molar-refractivity contribution in [2.45, 2.75) is 6.92 Å². The maximum Gasteiger partial charge on any atom is 0.171 e. The Morgan fingerprint density at radius 2 is 1.88 bits per heavy atom. The maximum atomic E-state index is 5.97. The molecule has 0 spiro atoms. The minimum atomic E-state index is 0.703. The Balaban J connectivity index is 1.82. The fourth-order valence-electron chi connectivity index (χ4n) is 2.55. The lowest BCUT2D eigenvalue weighted by Crippen LogP contribution is -1.98. The van der Waals surface area contributed by atoms with Gasteiger partial charge in [0.1, 0.15) is 0 Å². The lowest BCUT2D eigenvalue weighted by Gasteiger charge is -2.05. The average Bonchev–Trinajstić information content (AvgIpc) is 3.05. The van der Waals surface area contributed by atoms with E-state index < -0.39 is 0 Å². The molecule has 5 heteroatoms. The van der Waals surface area contributed by atoms with Crippen LogP contribution < -0.4 is 0 Å². The van der Waals surface area contributed by atoms with Crippen LogP contribution in [0.25, 0.3) is 16.9 Å². The molecule has 120 valence electrons. The highest BCUT2D eigenvalue weighted by molar-refractivity contribution is 6.30. The highest BCUT2D eigenvalue weighted by Crippen LogP contribution is 2.22. The summed E-state index contributed by atoms with van der Waals surface area (Å²) in [7, 11) is 0. The van der Waals surface area contributed by atoms with Crippen LogP contribution in [0.15, 0.2) is 61.1 Å². The van der Waals surface area contributed by atoms with E-state index in [4.69, 9.17) is 16.6 Å². The van der Waals surface area contributed by atoms with Gasteiger partial charge in [0, 0.05) is 34.2 Å². The minimum Gasteiger partial charge on any atom is -0.263 e. The third kappa shape index (κ3) is 3.10. The number of rotatable bonds is 1. The van der Waals surface area contributed by atoms with E-state index in [1.165, 1.54) is 0 Å². The molecule has 0 aliphatic rings. The van der Waals surface area contributed by atoms with Gasteiger partial charge in [0.15, 0.2) is 5.65 Å². The third-order valence-corrected chi connectivity index (χ3v) is 4.04. The summed E-state index contributed by atoms with van der Waals surface area (Å²) in [6.45, 7) is 2.00. The lowest BCUT2D eigenvalue weighted by molar-refractivity contribution is 0.896. The number of hydrogen-bond acceptors (Lipinski definition) is 3. The maximum absolute atomic E-state index is 5.97. The van der Waals surface area contributed by atoms with Crippen molar-refractivity contribution in [3.05, 3.63) is 82.9 Å². The molecule has 0 aliphatic carbocycles. The zero-order chi connectivity index (χ0) is 17.2. The summed E-state index contributed by atoms with van der Waals surface area (Å²) in [4.78, 5) is 8.82. The van der Waals surface area contributed by atoms with E-state index >= 15 is 0 Å². The first kappa shape index (κ1) is 15.4. The van der Waals surface area contributed by atoms with Crippen molar-refractivity contribution in [1.82, 2.24) is 19.6 Å². The van der Waals surface area contributed by atoms with E-state index in [2.05, 4.69) is 21.9 Å². The van der Waals surface area contributed by atoms with E-state index in [9.17, 15) is 0 Å². The predicted molar refractivity (Wildman–Crippen MR) is 98.4 cm³/mol. The van der Waals surface area contributed by atoms with E-state index in [1.54, 1.807) is 23.1 Å². The second-order valence-corrected chi connectivity index (χ2v) is 6.01. The highest BCUT2D eigenvalue weighted by atomic mass is 35.5. The van der Waals surface area contributed by atoms with Crippen molar-refractivity contribution in [2.24, 2.45) is 0 Å². The number of hydrogen-bond donors (Lipinski definition) is 0. The topological polar surface area (TPSA) is 43.1 Å². The van der Waals surface area contributed by atoms with E-state index in [0.717, 1.165) is 33.7 Å². The number of aryl methyl sites for hydroxylation is 1. The van der Waals surface area contributed by atoms with Gasteiger partial charge in [0.2, 0.25) is 0 Å². The number of benzene rings is 1. The second kappa shape index (κ2) is 6.39. The van der Waals surface area contributed by atoms with Gasteiger partial charge in [-0.05, 0) is 37.3 Å². The zero-order valence-electron chi connectivity index (χ0n) is 13.4. The van der Waals surface area contributed by atoms with Crippen LogP contribution >= 0.6 is 11.6 Å². The van der Waals surface area contributed by atoms with Crippen molar-refractivity contribution in [1.29, 1.82) is 0 Å². The van der Waals surface area contributed by atoms with Gasteiger partial charge in [-0.1, -0.05) is 35.6 Å². The highest BCUT2D eigenvalue weighted by Gasteiger charge is 2.09. The van der Waals surface area contributed by atoms with Gasteiger partial charge < -0.3 is 0 Å². The van der Waals surface area contributed by atoms with Crippen LogP contribution in [-0.2, 0) is 0 Å². The lowest BCUT2D eigenvalue weighted by atomic mass is 10.1. The molecule has 4 rings (SSSR count). The molecule has 0 unspecified atom stereocenters. The summed E-state index contributed by atoms with van der Waals surface area (Å²) in [5.41, 5.74) is 5.23. The van der Waals surface area contributed by atoms with Gasteiger partial charge in [-0.2, -0.15) is 5.10 Å². The Bertz CT molecular complexity index is 1100. The summed E-state index contributed by atoms with van der Waals surface area (Å²) in [5.74, 6) is 6.24. The van der Waals surface area contributed by atoms with Crippen LogP contribution in [0.3, 0.4) is 0 Å². The Kier molecular flexibility index (Phi) is 3.93. The SMILES string of the molecule is Cc1cc(-c2ccc(Cl)cc2)nc2c(C#Cc3cccnc3)cnn12. The van der Waals surface area contributed by atoms with Crippen LogP contribution in [-0.4, -0.2) is 19.6 Å². The number of halogens is 1. The molecule has 1 aromatic carbocycles. The van der Waals surface area contributed by atoms with Gasteiger partial charge in [-0.25, -0.2) is 9.50 Å². The largest absolute Gasteiger partial charge is 0.263 e. The van der Waals surface area contributed by atoms with Crippen molar-refractivity contribution < 1.29 is 0 Å². The molecule has 0 saturated carbocycles. The number of pyridine rings is 1. The molecule has 0 amide bonds. The predicted octanol–water partition coefficient (Wildman–Crippen LogP) is 4.15. The minimum absolute atomic E-state index is 0.703. The molecule has 4 aromatic rings. The number of aromatic nitrogens is 4. The summed E-state index contributed by atoms with van der Waals surface area (Å²) in [6, 6.07) is 13.4. The fourth-order valence-corrected chi connectivity index (χ4v) is 2.67. The molecule has 0 atom stereocenters. The number of fused-ring (bicyclic) bond motifs is 1. The van der Waals surface area contributed by atoms with Gasteiger partial charge in [-0.3, -0.25) is 4.98 Å². The van der Waals surface area contributed by atoms with Gasteiger partial charge in [0.05, 0.1) is 17.5 Å². The van der Waals surface area contributed by atoms with Gasteiger partial charge in [0.25, 0.3) is 0 Å².